The molecule has 102 valence electrons. The Balaban J connectivity index is 1.92. The van der Waals surface area contributed by atoms with Crippen LogP contribution < -0.4 is 5.32 Å². The summed E-state index contributed by atoms with van der Waals surface area (Å²) in [5.41, 5.74) is 0.447. The third kappa shape index (κ3) is 3.07. The fourth-order valence-corrected chi connectivity index (χ4v) is 2.32. The molecule has 0 atom stereocenters. The summed E-state index contributed by atoms with van der Waals surface area (Å²) in [4.78, 5) is 0. The number of hydrogen-bond acceptors (Lipinski definition) is 4. The molecule has 1 heterocycles. The molecule has 1 fully saturated rings. The van der Waals surface area contributed by atoms with Crippen LogP contribution in [0.3, 0.4) is 0 Å². The van der Waals surface area contributed by atoms with Crippen molar-refractivity contribution >= 4 is 0 Å². The summed E-state index contributed by atoms with van der Waals surface area (Å²) in [6.45, 7) is 11.7. The molecule has 0 aliphatic heterocycles. The number of hydrogen-bond donors (Lipinski definition) is 1. The van der Waals surface area contributed by atoms with Crippen molar-refractivity contribution in [3.8, 4) is 0 Å². The van der Waals surface area contributed by atoms with Gasteiger partial charge in [-0.2, -0.15) is 0 Å². The quantitative estimate of drug-likeness (QED) is 0.803. The summed E-state index contributed by atoms with van der Waals surface area (Å²) < 4.78 is 1.99. The highest BCUT2D eigenvalue weighted by molar-refractivity contribution is 4.96. The molecule has 1 aromatic rings. The van der Waals surface area contributed by atoms with Crippen molar-refractivity contribution in [1.82, 2.24) is 25.5 Å². The van der Waals surface area contributed by atoms with Crippen LogP contribution in [0.15, 0.2) is 0 Å². The van der Waals surface area contributed by atoms with E-state index in [2.05, 4.69) is 48.5 Å². The zero-order valence-corrected chi connectivity index (χ0v) is 12.0. The number of tetrazole rings is 1. The molecule has 0 amide bonds. The summed E-state index contributed by atoms with van der Waals surface area (Å²) in [5, 5.41) is 15.5. The molecule has 0 unspecified atom stereocenters. The summed E-state index contributed by atoms with van der Waals surface area (Å²) in [6, 6.07) is 0. The van der Waals surface area contributed by atoms with E-state index in [4.69, 9.17) is 0 Å². The van der Waals surface area contributed by atoms with Crippen molar-refractivity contribution < 1.29 is 0 Å². The van der Waals surface area contributed by atoms with Gasteiger partial charge in [0.25, 0.3) is 0 Å². The van der Waals surface area contributed by atoms with E-state index in [1.807, 2.05) is 4.68 Å². The van der Waals surface area contributed by atoms with Gasteiger partial charge in [0.2, 0.25) is 0 Å². The Morgan fingerprint density at radius 1 is 1.28 bits per heavy atom. The molecule has 18 heavy (non-hydrogen) atoms. The first-order valence-corrected chi connectivity index (χ1v) is 6.99. The summed E-state index contributed by atoms with van der Waals surface area (Å²) in [6.07, 6.45) is 2.62. The maximum atomic E-state index is 4.14. The van der Waals surface area contributed by atoms with Crippen LogP contribution in [-0.4, -0.2) is 26.8 Å². The van der Waals surface area contributed by atoms with E-state index >= 15 is 0 Å². The molecular formula is C13H25N5. The number of rotatable bonds is 7. The zero-order chi connectivity index (χ0) is 13.2. The smallest absolute Gasteiger partial charge is 0.165 e. The van der Waals surface area contributed by atoms with Gasteiger partial charge in [-0.1, -0.05) is 27.7 Å². The van der Waals surface area contributed by atoms with Gasteiger partial charge in [0, 0.05) is 0 Å². The second-order valence-electron chi connectivity index (χ2n) is 6.29. The highest BCUT2D eigenvalue weighted by atomic mass is 15.5. The average Bonchev–Trinajstić information content (AvgIpc) is 2.95. The monoisotopic (exact) mass is 251 g/mol. The summed E-state index contributed by atoms with van der Waals surface area (Å²) in [5.74, 6) is 2.32. The Morgan fingerprint density at radius 2 is 2.00 bits per heavy atom. The highest BCUT2D eigenvalue weighted by Crippen LogP contribution is 2.53. The molecule has 5 heteroatoms. The maximum Gasteiger partial charge on any atom is 0.165 e. The SMILES string of the molecule is CC(C)CNCc1nnnn1CC1(C(C)C)CC1. The molecule has 0 aromatic carbocycles. The van der Waals surface area contributed by atoms with Crippen LogP contribution in [0.4, 0.5) is 0 Å². The van der Waals surface area contributed by atoms with Crippen LogP contribution in [-0.2, 0) is 13.1 Å². The lowest BCUT2D eigenvalue weighted by Gasteiger charge is -2.19. The van der Waals surface area contributed by atoms with Crippen molar-refractivity contribution in [2.24, 2.45) is 17.3 Å². The molecule has 1 aliphatic rings. The molecule has 0 saturated heterocycles. The minimum absolute atomic E-state index is 0.447. The third-order valence-corrected chi connectivity index (χ3v) is 4.02. The van der Waals surface area contributed by atoms with Gasteiger partial charge in [0.1, 0.15) is 0 Å². The van der Waals surface area contributed by atoms with Crippen molar-refractivity contribution in [1.29, 1.82) is 0 Å². The fraction of sp³-hybridized carbons (Fsp3) is 0.923. The molecule has 0 spiro atoms. The van der Waals surface area contributed by atoms with E-state index in [9.17, 15) is 0 Å². The van der Waals surface area contributed by atoms with Crippen molar-refractivity contribution in [3.05, 3.63) is 5.82 Å². The van der Waals surface area contributed by atoms with Crippen molar-refractivity contribution in [2.75, 3.05) is 6.54 Å². The van der Waals surface area contributed by atoms with E-state index in [0.717, 1.165) is 25.5 Å². The van der Waals surface area contributed by atoms with E-state index < -0.39 is 0 Å². The maximum absolute atomic E-state index is 4.14. The van der Waals surface area contributed by atoms with E-state index in [0.29, 0.717) is 17.3 Å². The first kappa shape index (κ1) is 13.5. The Hall–Kier alpha value is -0.970. The summed E-state index contributed by atoms with van der Waals surface area (Å²) >= 11 is 0. The molecule has 1 aromatic heterocycles. The van der Waals surface area contributed by atoms with Gasteiger partial charge in [0.05, 0.1) is 13.1 Å². The molecule has 1 saturated carbocycles. The Labute approximate surface area is 109 Å². The number of nitrogens with one attached hydrogen (secondary N) is 1. The first-order valence-electron chi connectivity index (χ1n) is 6.99. The van der Waals surface area contributed by atoms with Gasteiger partial charge in [-0.05, 0) is 47.1 Å². The highest BCUT2D eigenvalue weighted by Gasteiger charge is 2.46. The Morgan fingerprint density at radius 3 is 2.56 bits per heavy atom. The molecular weight excluding hydrogens is 226 g/mol. The van der Waals surface area contributed by atoms with Gasteiger partial charge >= 0.3 is 0 Å². The second kappa shape index (κ2) is 5.34. The number of aromatic nitrogens is 4. The third-order valence-electron chi connectivity index (χ3n) is 4.02. The lowest BCUT2D eigenvalue weighted by molar-refractivity contribution is 0.287. The van der Waals surface area contributed by atoms with Crippen LogP contribution in [0, 0.1) is 17.3 Å². The Bertz CT molecular complexity index is 378. The van der Waals surface area contributed by atoms with Crippen LogP contribution in [0.1, 0.15) is 46.4 Å². The minimum atomic E-state index is 0.447. The van der Waals surface area contributed by atoms with Gasteiger partial charge in [-0.25, -0.2) is 4.68 Å². The molecule has 0 bridgehead atoms. The molecule has 1 N–H and O–H groups in total. The van der Waals surface area contributed by atoms with Crippen LogP contribution in [0.2, 0.25) is 0 Å². The van der Waals surface area contributed by atoms with Gasteiger partial charge < -0.3 is 5.32 Å². The fourth-order valence-electron chi connectivity index (χ4n) is 2.32. The van der Waals surface area contributed by atoms with Gasteiger partial charge in [-0.3, -0.25) is 0 Å². The molecule has 1 aliphatic carbocycles. The zero-order valence-electron chi connectivity index (χ0n) is 12.0. The first-order chi connectivity index (χ1) is 8.53. The van der Waals surface area contributed by atoms with Crippen LogP contribution in [0.25, 0.3) is 0 Å². The van der Waals surface area contributed by atoms with Crippen molar-refractivity contribution in [2.45, 2.75) is 53.6 Å². The predicted molar refractivity (Wildman–Crippen MR) is 70.9 cm³/mol. The van der Waals surface area contributed by atoms with Gasteiger partial charge in [0.15, 0.2) is 5.82 Å². The largest absolute Gasteiger partial charge is 0.310 e. The van der Waals surface area contributed by atoms with Crippen molar-refractivity contribution in [3.63, 3.8) is 0 Å². The minimum Gasteiger partial charge on any atom is -0.310 e. The van der Waals surface area contributed by atoms with Crippen LogP contribution >= 0.6 is 0 Å². The predicted octanol–water partition coefficient (Wildman–Crippen LogP) is 1.85. The standard InChI is InChI=1S/C13H25N5/c1-10(2)7-14-8-12-15-16-17-18(12)9-13(5-6-13)11(3)4/h10-11,14H,5-9H2,1-4H3. The van der Waals surface area contributed by atoms with Gasteiger partial charge in [-0.15, -0.1) is 5.10 Å². The number of nitrogens with zero attached hydrogens (tertiary/aromatic N) is 4. The topological polar surface area (TPSA) is 55.6 Å². The Kier molecular flexibility index (Phi) is 4.00. The van der Waals surface area contributed by atoms with E-state index in [-0.39, 0.29) is 0 Å². The molecule has 5 nitrogen and oxygen atoms in total. The lowest BCUT2D eigenvalue weighted by atomic mass is 9.92. The lowest BCUT2D eigenvalue weighted by Crippen LogP contribution is -2.25. The average molecular weight is 251 g/mol. The van der Waals surface area contributed by atoms with E-state index in [1.165, 1.54) is 12.8 Å². The second-order valence-corrected chi connectivity index (χ2v) is 6.29. The molecule has 2 rings (SSSR count). The van der Waals surface area contributed by atoms with E-state index in [1.54, 1.807) is 0 Å². The van der Waals surface area contributed by atoms with Crippen LogP contribution in [0.5, 0.6) is 0 Å². The molecule has 0 radical (unpaired) electrons. The summed E-state index contributed by atoms with van der Waals surface area (Å²) in [7, 11) is 0. The normalized spacial score (nSPS) is 17.7.